The lowest BCUT2D eigenvalue weighted by Gasteiger charge is -2.39. The molecule has 2 heterocycles. The lowest BCUT2D eigenvalue weighted by molar-refractivity contribution is -0.125. The number of aromatic nitrogens is 2. The van der Waals surface area contributed by atoms with Gasteiger partial charge >= 0.3 is 0 Å². The maximum atomic E-state index is 12.5. The highest BCUT2D eigenvalue weighted by Crippen LogP contribution is 2.26. The zero-order valence-corrected chi connectivity index (χ0v) is 15.7. The molecule has 1 aliphatic rings. The Balaban J connectivity index is 1.34. The monoisotopic (exact) mass is 374 g/mol. The zero-order valence-electron chi connectivity index (χ0n) is 15.7. The minimum absolute atomic E-state index is 0.0372. The second-order valence-corrected chi connectivity index (χ2v) is 6.76. The molecule has 1 aromatic heterocycles. The molecule has 0 unspecified atom stereocenters. The van der Waals surface area contributed by atoms with Crippen molar-refractivity contribution >= 4 is 11.7 Å². The van der Waals surface area contributed by atoms with Crippen molar-refractivity contribution in [1.82, 2.24) is 15.3 Å². The van der Waals surface area contributed by atoms with Gasteiger partial charge in [0.1, 0.15) is 17.9 Å². The molecule has 0 saturated carbocycles. The molecule has 142 valence electrons. The number of para-hydroxylation sites is 1. The number of carbonyl (C=O) groups is 1. The second-order valence-electron chi connectivity index (χ2n) is 6.76. The normalized spacial score (nSPS) is 13.7. The van der Waals surface area contributed by atoms with Gasteiger partial charge in [0.2, 0.25) is 5.91 Å². The standard InChI is InChI=1S/C22H22N4O2/c1-28-20-10-6-5-9-17(20)12-23-22(27)18-13-26(14-18)21-11-19(24-15-25-21)16-7-3-2-4-8-16/h2-11,15,18H,12-14H2,1H3,(H,23,27). The molecule has 0 atom stereocenters. The molecule has 1 amide bonds. The lowest BCUT2D eigenvalue weighted by atomic mass is 9.99. The Morgan fingerprint density at radius 3 is 2.64 bits per heavy atom. The van der Waals surface area contributed by atoms with Crippen LogP contribution in [0.3, 0.4) is 0 Å². The summed E-state index contributed by atoms with van der Waals surface area (Å²) in [5.74, 6) is 1.65. The van der Waals surface area contributed by atoms with Crippen LogP contribution in [0.2, 0.25) is 0 Å². The number of amides is 1. The van der Waals surface area contributed by atoms with Gasteiger partial charge in [-0.3, -0.25) is 4.79 Å². The van der Waals surface area contributed by atoms with Crippen LogP contribution in [0.1, 0.15) is 5.56 Å². The van der Waals surface area contributed by atoms with E-state index in [1.54, 1.807) is 13.4 Å². The molecule has 1 N–H and O–H groups in total. The quantitative estimate of drug-likeness (QED) is 0.719. The molecule has 4 rings (SSSR count). The van der Waals surface area contributed by atoms with Gasteiger partial charge < -0.3 is 15.0 Å². The van der Waals surface area contributed by atoms with E-state index in [2.05, 4.69) is 20.2 Å². The van der Waals surface area contributed by atoms with Crippen molar-refractivity contribution in [2.45, 2.75) is 6.54 Å². The van der Waals surface area contributed by atoms with E-state index >= 15 is 0 Å². The van der Waals surface area contributed by atoms with Crippen molar-refractivity contribution in [3.05, 3.63) is 72.6 Å². The van der Waals surface area contributed by atoms with Crippen molar-refractivity contribution < 1.29 is 9.53 Å². The van der Waals surface area contributed by atoms with E-state index in [9.17, 15) is 4.79 Å². The molecule has 1 saturated heterocycles. The number of carbonyl (C=O) groups excluding carboxylic acids is 1. The highest BCUT2D eigenvalue weighted by atomic mass is 16.5. The van der Waals surface area contributed by atoms with Gasteiger partial charge in [-0.2, -0.15) is 0 Å². The summed E-state index contributed by atoms with van der Waals surface area (Å²) in [6, 6.07) is 19.7. The largest absolute Gasteiger partial charge is 0.496 e. The Morgan fingerprint density at radius 2 is 1.86 bits per heavy atom. The smallest absolute Gasteiger partial charge is 0.226 e. The molecule has 6 heteroatoms. The molecule has 6 nitrogen and oxygen atoms in total. The molecule has 1 fully saturated rings. The first-order valence-electron chi connectivity index (χ1n) is 9.26. The van der Waals surface area contributed by atoms with Crippen LogP contribution in [-0.4, -0.2) is 36.1 Å². The highest BCUT2D eigenvalue weighted by Gasteiger charge is 2.33. The summed E-state index contributed by atoms with van der Waals surface area (Å²) in [6.45, 7) is 1.77. The number of ether oxygens (including phenoxy) is 1. The van der Waals surface area contributed by atoms with Crippen LogP contribution >= 0.6 is 0 Å². The number of benzene rings is 2. The molecular weight excluding hydrogens is 352 g/mol. The third-order valence-corrected chi connectivity index (χ3v) is 4.94. The molecular formula is C22H22N4O2. The molecule has 0 radical (unpaired) electrons. The summed E-state index contributed by atoms with van der Waals surface area (Å²) in [7, 11) is 1.63. The van der Waals surface area contributed by atoms with E-state index in [0.717, 1.165) is 28.4 Å². The van der Waals surface area contributed by atoms with Crippen LogP contribution < -0.4 is 15.0 Å². The van der Waals surface area contributed by atoms with Crippen LogP contribution in [-0.2, 0) is 11.3 Å². The average molecular weight is 374 g/mol. The van der Waals surface area contributed by atoms with Crippen LogP contribution in [0.15, 0.2) is 67.0 Å². The summed E-state index contributed by atoms with van der Waals surface area (Å²) < 4.78 is 5.33. The van der Waals surface area contributed by atoms with Gasteiger partial charge in [0.25, 0.3) is 0 Å². The summed E-state index contributed by atoms with van der Waals surface area (Å²) in [5.41, 5.74) is 2.91. The van der Waals surface area contributed by atoms with E-state index < -0.39 is 0 Å². The number of methoxy groups -OCH3 is 1. The highest BCUT2D eigenvalue weighted by molar-refractivity contribution is 5.82. The van der Waals surface area contributed by atoms with E-state index in [-0.39, 0.29) is 11.8 Å². The first-order chi connectivity index (χ1) is 13.7. The van der Waals surface area contributed by atoms with Gasteiger partial charge in [0.05, 0.1) is 18.7 Å². The average Bonchev–Trinajstić information content (AvgIpc) is 2.72. The maximum Gasteiger partial charge on any atom is 0.226 e. The van der Waals surface area contributed by atoms with E-state index in [1.807, 2.05) is 60.7 Å². The van der Waals surface area contributed by atoms with Crippen molar-refractivity contribution in [1.29, 1.82) is 0 Å². The van der Waals surface area contributed by atoms with Crippen molar-refractivity contribution in [2.24, 2.45) is 5.92 Å². The minimum Gasteiger partial charge on any atom is -0.496 e. The molecule has 0 aliphatic carbocycles. The number of hydrogen-bond acceptors (Lipinski definition) is 5. The summed E-state index contributed by atoms with van der Waals surface area (Å²) in [5, 5.41) is 3.01. The van der Waals surface area contributed by atoms with Gasteiger partial charge in [0, 0.05) is 36.8 Å². The molecule has 28 heavy (non-hydrogen) atoms. The minimum atomic E-state index is -0.0372. The predicted octanol–water partition coefficient (Wildman–Crippen LogP) is 2.90. The van der Waals surface area contributed by atoms with Crippen LogP contribution in [0.5, 0.6) is 5.75 Å². The summed E-state index contributed by atoms with van der Waals surface area (Å²) in [6.07, 6.45) is 1.58. The van der Waals surface area contributed by atoms with Gasteiger partial charge in [-0.05, 0) is 6.07 Å². The second kappa shape index (κ2) is 8.08. The van der Waals surface area contributed by atoms with Crippen LogP contribution in [0.4, 0.5) is 5.82 Å². The Morgan fingerprint density at radius 1 is 1.11 bits per heavy atom. The summed E-state index contributed by atoms with van der Waals surface area (Å²) >= 11 is 0. The maximum absolute atomic E-state index is 12.5. The topological polar surface area (TPSA) is 67.3 Å². The number of rotatable bonds is 6. The molecule has 0 spiro atoms. The zero-order chi connectivity index (χ0) is 19.3. The van der Waals surface area contributed by atoms with Crippen LogP contribution in [0.25, 0.3) is 11.3 Å². The third-order valence-electron chi connectivity index (χ3n) is 4.94. The first kappa shape index (κ1) is 18.0. The van der Waals surface area contributed by atoms with Gasteiger partial charge in [-0.15, -0.1) is 0 Å². The van der Waals surface area contributed by atoms with E-state index in [1.165, 1.54) is 0 Å². The predicted molar refractivity (Wildman–Crippen MR) is 108 cm³/mol. The molecule has 2 aromatic carbocycles. The number of nitrogens with one attached hydrogen (secondary N) is 1. The van der Waals surface area contributed by atoms with Crippen molar-refractivity contribution in [3.63, 3.8) is 0 Å². The van der Waals surface area contributed by atoms with Gasteiger partial charge in [-0.1, -0.05) is 48.5 Å². The van der Waals surface area contributed by atoms with Crippen molar-refractivity contribution in [3.8, 4) is 17.0 Å². The summed E-state index contributed by atoms with van der Waals surface area (Å²) in [4.78, 5) is 23.3. The van der Waals surface area contributed by atoms with E-state index in [0.29, 0.717) is 19.6 Å². The van der Waals surface area contributed by atoms with Crippen molar-refractivity contribution in [2.75, 3.05) is 25.1 Å². The number of nitrogens with zero attached hydrogens (tertiary/aromatic N) is 3. The van der Waals surface area contributed by atoms with Gasteiger partial charge in [0.15, 0.2) is 0 Å². The number of hydrogen-bond donors (Lipinski definition) is 1. The first-order valence-corrected chi connectivity index (χ1v) is 9.26. The molecule has 0 bridgehead atoms. The Labute approximate surface area is 164 Å². The Bertz CT molecular complexity index is 956. The fourth-order valence-corrected chi connectivity index (χ4v) is 3.29. The molecule has 1 aliphatic heterocycles. The van der Waals surface area contributed by atoms with Crippen LogP contribution in [0, 0.1) is 5.92 Å². The number of anilines is 1. The fourth-order valence-electron chi connectivity index (χ4n) is 3.29. The lowest BCUT2D eigenvalue weighted by Crippen LogP contribution is -2.54. The van der Waals surface area contributed by atoms with Gasteiger partial charge in [-0.25, -0.2) is 9.97 Å². The Kier molecular flexibility index (Phi) is 5.19. The molecule has 3 aromatic rings. The SMILES string of the molecule is COc1ccccc1CNC(=O)C1CN(c2cc(-c3ccccc3)ncn2)C1. The Hall–Kier alpha value is -3.41. The third kappa shape index (κ3) is 3.81. The van der Waals surface area contributed by atoms with E-state index in [4.69, 9.17) is 4.74 Å². The fraction of sp³-hybridized carbons (Fsp3) is 0.227.